The summed E-state index contributed by atoms with van der Waals surface area (Å²) >= 11 is 0. The molecule has 2 aromatic carbocycles. The Bertz CT molecular complexity index is 704. The first-order valence-electron chi connectivity index (χ1n) is 6.92. The molecule has 2 rings (SSSR count). The molecule has 0 aliphatic carbocycles. The van der Waals surface area contributed by atoms with E-state index in [1.807, 2.05) is 6.07 Å². The summed E-state index contributed by atoms with van der Waals surface area (Å²) in [5.41, 5.74) is 1.13. The smallest absolute Gasteiger partial charge is 0.375 e. The number of aliphatic hydroxyl groups excluding tert-OH is 1. The predicted octanol–water partition coefficient (Wildman–Crippen LogP) is 3.26. The molecular weight excluding hydrogens is 296 g/mol. The van der Waals surface area contributed by atoms with Gasteiger partial charge in [-0.3, -0.25) is 4.79 Å². The van der Waals surface area contributed by atoms with Crippen molar-refractivity contribution in [3.05, 3.63) is 78.1 Å². The van der Waals surface area contributed by atoms with Gasteiger partial charge in [-0.1, -0.05) is 30.3 Å². The fourth-order valence-corrected chi connectivity index (χ4v) is 1.88. The average molecular weight is 312 g/mol. The lowest BCUT2D eigenvalue weighted by Crippen LogP contribution is -2.21. The first-order chi connectivity index (χ1) is 11.0. The Kier molecular flexibility index (Phi) is 5.15. The van der Waals surface area contributed by atoms with Gasteiger partial charge in [-0.2, -0.15) is 0 Å². The van der Waals surface area contributed by atoms with Crippen molar-refractivity contribution in [2.45, 2.75) is 13.2 Å². The number of ether oxygens (including phenoxy) is 2. The molecule has 0 fully saturated rings. The number of aliphatic hydroxyl groups is 1. The van der Waals surface area contributed by atoms with Crippen molar-refractivity contribution in [1.29, 1.82) is 0 Å². The molecular formula is C18H16O5. The average Bonchev–Trinajstić information content (AvgIpc) is 2.55. The van der Waals surface area contributed by atoms with Gasteiger partial charge in [-0.15, -0.1) is 0 Å². The number of hydrogen-bond donors (Lipinski definition) is 1. The van der Waals surface area contributed by atoms with Crippen LogP contribution in [0.2, 0.25) is 0 Å². The standard InChI is InChI=1S/C18H16O5/c1-12(19)18(21)23-13(2)22-16-10-8-15(9-11-16)17(20)14-6-4-3-5-7-14/h3-11,13,19H,1H2,2H3. The zero-order chi connectivity index (χ0) is 16.8. The Morgan fingerprint density at radius 1 is 1.00 bits per heavy atom. The van der Waals surface area contributed by atoms with Crippen LogP contribution in [0.25, 0.3) is 0 Å². The third kappa shape index (κ3) is 4.44. The van der Waals surface area contributed by atoms with Crippen LogP contribution in [0.5, 0.6) is 5.75 Å². The highest BCUT2D eigenvalue weighted by atomic mass is 16.7. The monoisotopic (exact) mass is 312 g/mol. The lowest BCUT2D eigenvalue weighted by atomic mass is 10.0. The van der Waals surface area contributed by atoms with E-state index in [1.54, 1.807) is 48.5 Å². The maximum Gasteiger partial charge on any atom is 0.375 e. The molecule has 1 unspecified atom stereocenters. The molecule has 1 N–H and O–H groups in total. The Morgan fingerprint density at radius 3 is 2.13 bits per heavy atom. The van der Waals surface area contributed by atoms with E-state index >= 15 is 0 Å². The van der Waals surface area contributed by atoms with E-state index in [1.165, 1.54) is 6.92 Å². The molecule has 5 heteroatoms. The third-order valence-corrected chi connectivity index (χ3v) is 2.96. The summed E-state index contributed by atoms with van der Waals surface area (Å²) in [7, 11) is 0. The van der Waals surface area contributed by atoms with Crippen molar-refractivity contribution in [3.8, 4) is 5.75 Å². The number of benzene rings is 2. The van der Waals surface area contributed by atoms with Gasteiger partial charge in [-0.25, -0.2) is 4.79 Å². The Labute approximate surface area is 133 Å². The van der Waals surface area contributed by atoms with Crippen molar-refractivity contribution in [2.24, 2.45) is 0 Å². The first kappa shape index (κ1) is 16.3. The van der Waals surface area contributed by atoms with E-state index in [0.29, 0.717) is 16.9 Å². The van der Waals surface area contributed by atoms with E-state index in [4.69, 9.17) is 14.6 Å². The molecule has 118 valence electrons. The normalized spacial score (nSPS) is 11.3. The quantitative estimate of drug-likeness (QED) is 0.291. The largest absolute Gasteiger partial charge is 0.502 e. The second-order valence-electron chi connectivity index (χ2n) is 4.76. The van der Waals surface area contributed by atoms with Crippen LogP contribution in [-0.4, -0.2) is 23.1 Å². The van der Waals surface area contributed by atoms with Gasteiger partial charge >= 0.3 is 5.97 Å². The van der Waals surface area contributed by atoms with Crippen LogP contribution in [0.1, 0.15) is 22.8 Å². The fraction of sp³-hybridized carbons (Fsp3) is 0.111. The zero-order valence-electron chi connectivity index (χ0n) is 12.6. The van der Waals surface area contributed by atoms with Gasteiger partial charge in [0, 0.05) is 18.1 Å². The molecule has 0 aliphatic heterocycles. The van der Waals surface area contributed by atoms with Gasteiger partial charge in [0.15, 0.2) is 11.5 Å². The molecule has 0 bridgehead atoms. The minimum atomic E-state index is -0.951. The van der Waals surface area contributed by atoms with Gasteiger partial charge in [0.1, 0.15) is 5.75 Å². The van der Waals surface area contributed by atoms with E-state index in [-0.39, 0.29) is 5.78 Å². The fourth-order valence-electron chi connectivity index (χ4n) is 1.88. The van der Waals surface area contributed by atoms with Crippen molar-refractivity contribution >= 4 is 11.8 Å². The van der Waals surface area contributed by atoms with Crippen LogP contribution in [0.15, 0.2) is 66.9 Å². The van der Waals surface area contributed by atoms with Crippen LogP contribution in [0.3, 0.4) is 0 Å². The van der Waals surface area contributed by atoms with Crippen LogP contribution >= 0.6 is 0 Å². The molecule has 0 aliphatic rings. The maximum atomic E-state index is 12.3. The van der Waals surface area contributed by atoms with E-state index < -0.39 is 18.0 Å². The lowest BCUT2D eigenvalue weighted by molar-refractivity contribution is -0.159. The van der Waals surface area contributed by atoms with Gasteiger partial charge < -0.3 is 14.6 Å². The number of ketones is 1. The van der Waals surface area contributed by atoms with Crippen LogP contribution in [0.4, 0.5) is 0 Å². The van der Waals surface area contributed by atoms with Crippen molar-refractivity contribution in [2.75, 3.05) is 0 Å². The number of hydrogen-bond acceptors (Lipinski definition) is 5. The van der Waals surface area contributed by atoms with Gasteiger partial charge in [0.05, 0.1) is 0 Å². The number of rotatable bonds is 6. The third-order valence-electron chi connectivity index (χ3n) is 2.96. The minimum Gasteiger partial charge on any atom is -0.502 e. The summed E-state index contributed by atoms with van der Waals surface area (Å²) in [5.74, 6) is -1.30. The first-order valence-corrected chi connectivity index (χ1v) is 6.92. The van der Waals surface area contributed by atoms with Crippen LogP contribution in [0, 0.1) is 0 Å². The van der Waals surface area contributed by atoms with Crippen molar-refractivity contribution < 1.29 is 24.2 Å². The van der Waals surface area contributed by atoms with Gasteiger partial charge in [-0.05, 0) is 30.8 Å². The Morgan fingerprint density at radius 2 is 1.57 bits per heavy atom. The number of esters is 1. The summed E-state index contributed by atoms with van der Waals surface area (Å²) in [6.45, 7) is 4.57. The van der Waals surface area contributed by atoms with Crippen LogP contribution in [-0.2, 0) is 9.53 Å². The molecule has 23 heavy (non-hydrogen) atoms. The Balaban J connectivity index is 2.01. The SMILES string of the molecule is C=C(O)C(=O)OC(C)Oc1ccc(C(=O)c2ccccc2)cc1. The molecule has 0 amide bonds. The molecule has 0 aromatic heterocycles. The molecule has 1 atom stereocenters. The molecule has 2 aromatic rings. The van der Waals surface area contributed by atoms with E-state index in [0.717, 1.165) is 0 Å². The van der Waals surface area contributed by atoms with Gasteiger partial charge in [0.2, 0.25) is 6.29 Å². The number of carbonyl (C=O) groups is 2. The minimum absolute atomic E-state index is 0.0896. The van der Waals surface area contributed by atoms with Crippen LogP contribution < -0.4 is 4.74 Å². The van der Waals surface area contributed by atoms with Crippen molar-refractivity contribution in [3.63, 3.8) is 0 Å². The van der Waals surface area contributed by atoms with E-state index in [2.05, 4.69) is 6.58 Å². The summed E-state index contributed by atoms with van der Waals surface area (Å²) in [6.07, 6.45) is -0.901. The van der Waals surface area contributed by atoms with Gasteiger partial charge in [0.25, 0.3) is 0 Å². The maximum absolute atomic E-state index is 12.3. The lowest BCUT2D eigenvalue weighted by Gasteiger charge is -2.15. The summed E-state index contributed by atoms with van der Waals surface area (Å²) in [4.78, 5) is 23.4. The highest BCUT2D eigenvalue weighted by Gasteiger charge is 2.14. The molecule has 0 spiro atoms. The topological polar surface area (TPSA) is 72.8 Å². The second-order valence-corrected chi connectivity index (χ2v) is 4.76. The summed E-state index contributed by atoms with van der Waals surface area (Å²) in [6, 6.07) is 15.4. The molecule has 0 saturated carbocycles. The molecule has 0 saturated heterocycles. The number of carbonyl (C=O) groups excluding carboxylic acids is 2. The molecule has 0 radical (unpaired) electrons. The zero-order valence-corrected chi connectivity index (χ0v) is 12.6. The second kappa shape index (κ2) is 7.26. The van der Waals surface area contributed by atoms with E-state index in [9.17, 15) is 9.59 Å². The Hall–Kier alpha value is -3.08. The highest BCUT2D eigenvalue weighted by Crippen LogP contribution is 2.17. The molecule has 0 heterocycles. The molecule has 5 nitrogen and oxygen atoms in total. The van der Waals surface area contributed by atoms with Crippen molar-refractivity contribution in [1.82, 2.24) is 0 Å². The summed E-state index contributed by atoms with van der Waals surface area (Å²) in [5, 5.41) is 8.88. The summed E-state index contributed by atoms with van der Waals surface area (Å²) < 4.78 is 10.2. The predicted molar refractivity (Wildman–Crippen MR) is 84.3 cm³/mol. The highest BCUT2D eigenvalue weighted by molar-refractivity contribution is 6.08.